The van der Waals surface area contributed by atoms with Gasteiger partial charge in [-0.05, 0) is 121 Å². The Bertz CT molecular complexity index is 1910. The van der Waals surface area contributed by atoms with Crippen LogP contribution in [0.1, 0.15) is 135 Å². The minimum Gasteiger partial charge on any atom is -0.374 e. The van der Waals surface area contributed by atoms with Crippen LogP contribution in [0.5, 0.6) is 0 Å². The minimum absolute atomic E-state index is 0.000753. The van der Waals surface area contributed by atoms with E-state index in [1.165, 1.54) is 51.4 Å². The third-order valence-corrected chi connectivity index (χ3v) is 16.8. The van der Waals surface area contributed by atoms with Crippen molar-refractivity contribution in [2.45, 2.75) is 169 Å². The first-order valence-corrected chi connectivity index (χ1v) is 24.9. The summed E-state index contributed by atoms with van der Waals surface area (Å²) in [5, 5.41) is 0. The van der Waals surface area contributed by atoms with Gasteiger partial charge >= 0.3 is 0 Å². The molecule has 1 saturated heterocycles. The van der Waals surface area contributed by atoms with Crippen LogP contribution < -0.4 is 0 Å². The van der Waals surface area contributed by atoms with Gasteiger partial charge in [-0.3, -0.25) is 0 Å². The number of allylic oxidation sites excluding steroid dienone is 1. The highest BCUT2D eigenvalue weighted by molar-refractivity contribution is 5.75. The molecule has 0 spiro atoms. The number of rotatable bonds is 19. The summed E-state index contributed by atoms with van der Waals surface area (Å²) in [6.07, 6.45) is 14.8. The van der Waals surface area contributed by atoms with Gasteiger partial charge in [-0.1, -0.05) is 157 Å². The van der Waals surface area contributed by atoms with Gasteiger partial charge in [-0.25, -0.2) is 0 Å². The lowest BCUT2D eigenvalue weighted by Crippen LogP contribution is -2.59. The highest BCUT2D eigenvalue weighted by Gasteiger charge is 2.59. The molecule has 8 rings (SSSR count). The van der Waals surface area contributed by atoms with E-state index in [2.05, 4.69) is 77.1 Å². The van der Waals surface area contributed by atoms with E-state index in [0.717, 1.165) is 71.5 Å². The second-order valence-corrected chi connectivity index (χ2v) is 21.4. The second-order valence-electron chi connectivity index (χ2n) is 21.4. The van der Waals surface area contributed by atoms with Crippen LogP contribution in [-0.2, 0) is 48.3 Å². The van der Waals surface area contributed by atoms with E-state index in [4.69, 9.17) is 23.7 Å². The van der Waals surface area contributed by atoms with E-state index in [1.807, 2.05) is 54.6 Å². The summed E-state index contributed by atoms with van der Waals surface area (Å²) in [6.45, 7) is 15.9. The zero-order chi connectivity index (χ0) is 44.0. The lowest BCUT2D eigenvalue weighted by molar-refractivity contribution is -0.315. The molecule has 6 heteroatoms. The molecular formula is C57H78O6. The van der Waals surface area contributed by atoms with Gasteiger partial charge in [0.25, 0.3) is 0 Å². The van der Waals surface area contributed by atoms with E-state index in [9.17, 15) is 4.79 Å². The molecule has 0 N–H and O–H groups in total. The normalized spacial score (nSPS) is 34.4. The average molecular weight is 859 g/mol. The molecule has 3 saturated carbocycles. The molecule has 13 atom stereocenters. The predicted octanol–water partition coefficient (Wildman–Crippen LogP) is 13.1. The number of Topliss-reactive ketones (excluding diaryl/α,β-unsaturated/α-hetero) is 1. The van der Waals surface area contributed by atoms with Gasteiger partial charge in [0.1, 0.15) is 18.0 Å². The quantitative estimate of drug-likeness (QED) is 0.112. The number of benzene rings is 3. The van der Waals surface area contributed by atoms with Gasteiger partial charge in [-0.2, -0.15) is 0 Å². The van der Waals surface area contributed by atoms with Crippen molar-refractivity contribution in [1.29, 1.82) is 0 Å². The van der Waals surface area contributed by atoms with Gasteiger partial charge in [0.15, 0.2) is 6.29 Å². The molecule has 63 heavy (non-hydrogen) atoms. The highest BCUT2D eigenvalue weighted by Crippen LogP contribution is 2.67. The van der Waals surface area contributed by atoms with Gasteiger partial charge in [0.2, 0.25) is 0 Å². The summed E-state index contributed by atoms with van der Waals surface area (Å²) >= 11 is 0. The van der Waals surface area contributed by atoms with Crippen LogP contribution in [0.15, 0.2) is 103 Å². The molecule has 0 bridgehead atoms. The summed E-state index contributed by atoms with van der Waals surface area (Å²) in [4.78, 5) is 13.2. The molecule has 0 radical (unpaired) electrons. The predicted molar refractivity (Wildman–Crippen MR) is 252 cm³/mol. The molecule has 1 unspecified atom stereocenters. The zero-order valence-electron chi connectivity index (χ0n) is 39.4. The zero-order valence-corrected chi connectivity index (χ0v) is 39.4. The Labute approximate surface area is 380 Å². The molecule has 5 aliphatic rings. The van der Waals surface area contributed by atoms with Crippen molar-refractivity contribution in [3.63, 3.8) is 0 Å². The molecule has 0 aromatic heterocycles. The summed E-state index contributed by atoms with van der Waals surface area (Å²) in [5.41, 5.74) is 5.53. The first-order chi connectivity index (χ1) is 30.5. The lowest BCUT2D eigenvalue weighted by atomic mass is 9.47. The largest absolute Gasteiger partial charge is 0.374 e. The van der Waals surface area contributed by atoms with Crippen molar-refractivity contribution in [3.05, 3.63) is 119 Å². The summed E-state index contributed by atoms with van der Waals surface area (Å²) in [5.74, 6) is 4.60. The number of hydrogen-bond acceptors (Lipinski definition) is 6. The van der Waals surface area contributed by atoms with Crippen LogP contribution in [0, 0.1) is 52.3 Å². The monoisotopic (exact) mass is 859 g/mol. The molecule has 4 fully saturated rings. The Morgan fingerprint density at radius 1 is 0.746 bits per heavy atom. The highest BCUT2D eigenvalue weighted by atomic mass is 16.7. The van der Waals surface area contributed by atoms with Crippen molar-refractivity contribution in [1.82, 2.24) is 0 Å². The standard InChI is InChI=1S/C57H78O6/c1-39(2)17-16-18-40(3)49-27-28-50-47-26-25-45-34-46(29-31-56(45,5)51(47)30-32-57(49,50)6)62-55-48(33-41(4)58)53(60-36-43-21-12-8-13-22-43)54(61-37-44-23-14-9-15-24-44)52(63-55)38-59-35-42-19-10-7-11-20-42/h7-15,19-25,39-40,46-55H,16-18,26-38H2,1-6H3/t40-,46+,47+,48-,49-,50+,51+,52-,53-,54+,55?,56+,57-/m1/s1. The van der Waals surface area contributed by atoms with E-state index < -0.39 is 24.6 Å². The van der Waals surface area contributed by atoms with Gasteiger partial charge < -0.3 is 28.5 Å². The van der Waals surface area contributed by atoms with E-state index in [1.54, 1.807) is 12.5 Å². The maximum Gasteiger partial charge on any atom is 0.164 e. The fourth-order valence-electron chi connectivity index (χ4n) is 13.6. The van der Waals surface area contributed by atoms with E-state index in [0.29, 0.717) is 31.8 Å². The number of carbonyl (C=O) groups excluding carboxylic acids is 1. The topological polar surface area (TPSA) is 63.2 Å². The Balaban J connectivity index is 1.01. The minimum atomic E-state index is -0.642. The summed E-state index contributed by atoms with van der Waals surface area (Å²) < 4.78 is 34.5. The molecule has 3 aromatic carbocycles. The molecule has 3 aromatic rings. The molecule has 1 aliphatic heterocycles. The first-order valence-electron chi connectivity index (χ1n) is 24.9. The SMILES string of the molecule is CC(=O)C[C@H]1C(O[C@H]2CC[C@@]3(C)C(=CC[C@H]4[C@@H]5CC[C@H]([C@H](C)CCCC(C)C)[C@@]5(C)CC[C@@H]43)C2)O[C@H](COCc2ccccc2)[C@H](OCc2ccccc2)[C@@H]1OCc1ccccc1. The first kappa shape index (κ1) is 46.4. The Hall–Kier alpha value is -3.13. The molecule has 0 amide bonds. The van der Waals surface area contributed by atoms with Crippen LogP contribution >= 0.6 is 0 Å². The Morgan fingerprint density at radius 2 is 1.38 bits per heavy atom. The maximum absolute atomic E-state index is 13.2. The van der Waals surface area contributed by atoms with E-state index >= 15 is 0 Å². The molecule has 342 valence electrons. The van der Waals surface area contributed by atoms with Crippen LogP contribution in [0.2, 0.25) is 0 Å². The summed E-state index contributed by atoms with van der Waals surface area (Å²) in [7, 11) is 0. The average Bonchev–Trinajstić information content (AvgIpc) is 3.64. The van der Waals surface area contributed by atoms with Gasteiger partial charge in [-0.15, -0.1) is 0 Å². The maximum atomic E-state index is 13.2. The van der Waals surface area contributed by atoms with E-state index in [-0.39, 0.29) is 29.6 Å². The molecule has 6 nitrogen and oxygen atoms in total. The number of ether oxygens (including phenoxy) is 5. The van der Waals surface area contributed by atoms with Crippen LogP contribution in [-0.4, -0.2) is 43.1 Å². The third-order valence-electron chi connectivity index (χ3n) is 16.8. The molecule has 4 aliphatic carbocycles. The van der Waals surface area contributed by atoms with Crippen LogP contribution in [0.25, 0.3) is 0 Å². The van der Waals surface area contributed by atoms with Gasteiger partial charge in [0.05, 0.1) is 38.6 Å². The van der Waals surface area contributed by atoms with Crippen LogP contribution in [0.4, 0.5) is 0 Å². The van der Waals surface area contributed by atoms with Crippen molar-refractivity contribution in [2.24, 2.45) is 52.3 Å². The van der Waals surface area contributed by atoms with Crippen molar-refractivity contribution in [2.75, 3.05) is 6.61 Å². The van der Waals surface area contributed by atoms with Crippen molar-refractivity contribution < 1.29 is 28.5 Å². The second kappa shape index (κ2) is 21.0. The Morgan fingerprint density at radius 3 is 2.02 bits per heavy atom. The van der Waals surface area contributed by atoms with Crippen LogP contribution in [0.3, 0.4) is 0 Å². The molecule has 1 heterocycles. The Kier molecular flexibility index (Phi) is 15.5. The third kappa shape index (κ3) is 10.8. The van der Waals surface area contributed by atoms with Crippen molar-refractivity contribution in [3.8, 4) is 0 Å². The number of ketones is 1. The molecular weight excluding hydrogens is 781 g/mol. The fourth-order valence-corrected chi connectivity index (χ4v) is 13.6. The summed E-state index contributed by atoms with van der Waals surface area (Å²) in [6, 6.07) is 30.8. The fraction of sp³-hybridized carbons (Fsp3) is 0.632. The van der Waals surface area contributed by atoms with Crippen molar-refractivity contribution >= 4 is 5.78 Å². The van der Waals surface area contributed by atoms with Gasteiger partial charge in [0, 0.05) is 12.3 Å². The number of hydrogen-bond donors (Lipinski definition) is 0. The number of carbonyl (C=O) groups is 1. The lowest BCUT2D eigenvalue weighted by Gasteiger charge is -2.58. The smallest absolute Gasteiger partial charge is 0.164 e. The number of fused-ring (bicyclic) bond motifs is 5.